The number of carbonyl (C=O) groups excluding carboxylic acids is 2. The van der Waals surface area contributed by atoms with Gasteiger partial charge in [0.1, 0.15) is 0 Å². The van der Waals surface area contributed by atoms with E-state index in [1.165, 1.54) is 0 Å². The van der Waals surface area contributed by atoms with Gasteiger partial charge in [0.25, 0.3) is 0 Å². The summed E-state index contributed by atoms with van der Waals surface area (Å²) in [7, 11) is 0. The summed E-state index contributed by atoms with van der Waals surface area (Å²) in [5.41, 5.74) is 2.66. The summed E-state index contributed by atoms with van der Waals surface area (Å²) in [5, 5.41) is 0. The SMILES string of the molecule is CC(=O)c1cccc2c1C(C)CN2C(C)=O. The van der Waals surface area contributed by atoms with E-state index in [4.69, 9.17) is 0 Å². The van der Waals surface area contributed by atoms with Crippen LogP contribution in [0, 0.1) is 0 Å². The average molecular weight is 217 g/mol. The lowest BCUT2D eigenvalue weighted by Crippen LogP contribution is -2.26. The molecule has 3 nitrogen and oxygen atoms in total. The second-order valence-corrected chi connectivity index (χ2v) is 4.33. The van der Waals surface area contributed by atoms with E-state index >= 15 is 0 Å². The summed E-state index contributed by atoms with van der Waals surface area (Å²) in [6.07, 6.45) is 0. The number of rotatable bonds is 1. The molecule has 0 fully saturated rings. The minimum Gasteiger partial charge on any atom is -0.312 e. The lowest BCUT2D eigenvalue weighted by atomic mass is 9.95. The van der Waals surface area contributed by atoms with E-state index in [1.807, 2.05) is 25.1 Å². The number of Topliss-reactive ketones (excluding diaryl/α,β-unsaturated/α-hetero) is 1. The van der Waals surface area contributed by atoms with Gasteiger partial charge in [-0.05, 0) is 18.6 Å². The van der Waals surface area contributed by atoms with Gasteiger partial charge in [-0.3, -0.25) is 9.59 Å². The predicted octanol–water partition coefficient (Wildman–Crippen LogP) is 2.36. The first-order chi connectivity index (χ1) is 7.52. The Balaban J connectivity index is 2.60. The number of hydrogen-bond acceptors (Lipinski definition) is 2. The quantitative estimate of drug-likeness (QED) is 0.677. The topological polar surface area (TPSA) is 37.4 Å². The third kappa shape index (κ3) is 1.52. The van der Waals surface area contributed by atoms with Crippen molar-refractivity contribution in [3.05, 3.63) is 29.3 Å². The molecule has 0 radical (unpaired) electrons. The number of nitrogens with zero attached hydrogens (tertiary/aromatic N) is 1. The molecule has 1 aliphatic heterocycles. The fourth-order valence-electron chi connectivity index (χ4n) is 2.37. The number of amides is 1. The van der Waals surface area contributed by atoms with E-state index in [0.29, 0.717) is 6.54 Å². The lowest BCUT2D eigenvalue weighted by molar-refractivity contribution is -0.116. The summed E-state index contributed by atoms with van der Waals surface area (Å²) in [6.45, 7) is 5.85. The molecular formula is C13H15NO2. The van der Waals surface area contributed by atoms with Crippen LogP contribution < -0.4 is 4.90 Å². The standard InChI is InChI=1S/C13H15NO2/c1-8-7-14(10(3)16)12-6-4-5-11(9(2)15)13(8)12/h4-6,8H,7H2,1-3H3. The van der Waals surface area contributed by atoms with Crippen LogP contribution in [0.2, 0.25) is 0 Å². The third-order valence-corrected chi connectivity index (χ3v) is 3.08. The summed E-state index contributed by atoms with van der Waals surface area (Å²) in [4.78, 5) is 24.7. The van der Waals surface area contributed by atoms with E-state index in [2.05, 4.69) is 0 Å². The van der Waals surface area contributed by atoms with Crippen molar-refractivity contribution in [1.29, 1.82) is 0 Å². The van der Waals surface area contributed by atoms with Crippen LogP contribution in [0.25, 0.3) is 0 Å². The Kier molecular flexibility index (Phi) is 2.54. The lowest BCUT2D eigenvalue weighted by Gasteiger charge is -2.14. The Morgan fingerprint density at radius 3 is 2.56 bits per heavy atom. The van der Waals surface area contributed by atoms with Gasteiger partial charge in [-0.25, -0.2) is 0 Å². The second-order valence-electron chi connectivity index (χ2n) is 4.33. The minimum atomic E-state index is 0.0336. The van der Waals surface area contributed by atoms with Crippen molar-refractivity contribution in [3.63, 3.8) is 0 Å². The monoisotopic (exact) mass is 217 g/mol. The first-order valence-electron chi connectivity index (χ1n) is 5.44. The molecule has 0 aliphatic carbocycles. The maximum atomic E-state index is 11.5. The van der Waals surface area contributed by atoms with Crippen LogP contribution in [-0.4, -0.2) is 18.2 Å². The van der Waals surface area contributed by atoms with E-state index in [0.717, 1.165) is 16.8 Å². The van der Waals surface area contributed by atoms with Gasteiger partial charge in [0.2, 0.25) is 5.91 Å². The van der Waals surface area contributed by atoms with Crippen LogP contribution in [0.5, 0.6) is 0 Å². The number of fused-ring (bicyclic) bond motifs is 1. The average Bonchev–Trinajstić information content (AvgIpc) is 2.56. The van der Waals surface area contributed by atoms with Gasteiger partial charge in [-0.2, -0.15) is 0 Å². The Bertz CT molecular complexity index is 465. The van der Waals surface area contributed by atoms with Crippen molar-refractivity contribution in [3.8, 4) is 0 Å². The number of anilines is 1. The van der Waals surface area contributed by atoms with Gasteiger partial charge >= 0.3 is 0 Å². The molecule has 2 rings (SSSR count). The Hall–Kier alpha value is -1.64. The van der Waals surface area contributed by atoms with Gasteiger partial charge < -0.3 is 4.90 Å². The molecule has 0 spiro atoms. The predicted molar refractivity (Wildman–Crippen MR) is 62.9 cm³/mol. The fourth-order valence-corrected chi connectivity index (χ4v) is 2.37. The molecule has 1 aromatic rings. The molecular weight excluding hydrogens is 202 g/mol. The molecule has 0 saturated heterocycles. The molecule has 1 aromatic carbocycles. The molecule has 0 bridgehead atoms. The van der Waals surface area contributed by atoms with Crippen LogP contribution in [0.15, 0.2) is 18.2 Å². The molecule has 0 N–H and O–H groups in total. The van der Waals surface area contributed by atoms with Crippen LogP contribution >= 0.6 is 0 Å². The van der Waals surface area contributed by atoms with Gasteiger partial charge in [-0.1, -0.05) is 19.1 Å². The zero-order chi connectivity index (χ0) is 11.9. The zero-order valence-electron chi connectivity index (χ0n) is 9.78. The van der Waals surface area contributed by atoms with Gasteiger partial charge in [-0.15, -0.1) is 0 Å². The van der Waals surface area contributed by atoms with Gasteiger partial charge in [0, 0.05) is 30.6 Å². The molecule has 16 heavy (non-hydrogen) atoms. The zero-order valence-corrected chi connectivity index (χ0v) is 9.78. The molecule has 3 heteroatoms. The highest BCUT2D eigenvalue weighted by atomic mass is 16.2. The Labute approximate surface area is 95.1 Å². The number of ketones is 1. The molecule has 84 valence electrons. The van der Waals surface area contributed by atoms with Crippen molar-refractivity contribution in [2.45, 2.75) is 26.7 Å². The molecule has 1 unspecified atom stereocenters. The van der Waals surface area contributed by atoms with Gasteiger partial charge in [0.15, 0.2) is 5.78 Å². The Morgan fingerprint density at radius 1 is 1.31 bits per heavy atom. The first kappa shape index (κ1) is 10.9. The maximum Gasteiger partial charge on any atom is 0.223 e. The largest absolute Gasteiger partial charge is 0.312 e. The first-order valence-corrected chi connectivity index (χ1v) is 5.44. The highest BCUT2D eigenvalue weighted by molar-refractivity contribution is 6.01. The second kappa shape index (κ2) is 3.74. The minimum absolute atomic E-state index is 0.0336. The van der Waals surface area contributed by atoms with Crippen molar-refractivity contribution in [2.75, 3.05) is 11.4 Å². The normalized spacial score (nSPS) is 18.4. The van der Waals surface area contributed by atoms with Crippen molar-refractivity contribution < 1.29 is 9.59 Å². The summed E-state index contributed by atoms with van der Waals surface area (Å²) < 4.78 is 0. The molecule has 1 amide bonds. The van der Waals surface area contributed by atoms with E-state index in [9.17, 15) is 9.59 Å². The number of benzene rings is 1. The third-order valence-electron chi connectivity index (χ3n) is 3.08. The van der Waals surface area contributed by atoms with E-state index in [-0.39, 0.29) is 17.6 Å². The van der Waals surface area contributed by atoms with Crippen LogP contribution in [-0.2, 0) is 4.79 Å². The highest BCUT2D eigenvalue weighted by Crippen LogP contribution is 2.38. The van der Waals surface area contributed by atoms with Crippen LogP contribution in [0.4, 0.5) is 5.69 Å². The number of hydrogen-bond donors (Lipinski definition) is 0. The smallest absolute Gasteiger partial charge is 0.223 e. The fraction of sp³-hybridized carbons (Fsp3) is 0.385. The van der Waals surface area contributed by atoms with Gasteiger partial charge in [0.05, 0.1) is 0 Å². The summed E-state index contributed by atoms with van der Waals surface area (Å²) in [6, 6.07) is 5.58. The summed E-state index contributed by atoms with van der Waals surface area (Å²) in [5.74, 6) is 0.333. The van der Waals surface area contributed by atoms with Crippen molar-refractivity contribution >= 4 is 17.4 Å². The van der Waals surface area contributed by atoms with E-state index in [1.54, 1.807) is 18.7 Å². The molecule has 1 aliphatic rings. The maximum absolute atomic E-state index is 11.5. The molecule has 0 aromatic heterocycles. The molecule has 1 atom stereocenters. The van der Waals surface area contributed by atoms with Crippen LogP contribution in [0.1, 0.15) is 42.6 Å². The molecule has 0 saturated carbocycles. The Morgan fingerprint density at radius 2 is 2.00 bits per heavy atom. The van der Waals surface area contributed by atoms with E-state index < -0.39 is 0 Å². The van der Waals surface area contributed by atoms with Crippen LogP contribution in [0.3, 0.4) is 0 Å². The molecule has 1 heterocycles. The highest BCUT2D eigenvalue weighted by Gasteiger charge is 2.30. The summed E-state index contributed by atoms with van der Waals surface area (Å²) >= 11 is 0. The van der Waals surface area contributed by atoms with Crippen molar-refractivity contribution in [1.82, 2.24) is 0 Å². The number of carbonyl (C=O) groups is 2. The van der Waals surface area contributed by atoms with Crippen molar-refractivity contribution in [2.24, 2.45) is 0 Å².